The van der Waals surface area contributed by atoms with E-state index in [2.05, 4.69) is 24.1 Å². The van der Waals surface area contributed by atoms with Crippen LogP contribution in [0.4, 0.5) is 0 Å². The van der Waals surface area contributed by atoms with Crippen LogP contribution in [0, 0.1) is 0 Å². The van der Waals surface area contributed by atoms with E-state index in [1.807, 2.05) is 6.92 Å². The molecule has 1 heterocycles. The summed E-state index contributed by atoms with van der Waals surface area (Å²) in [6.45, 7) is 7.78. The van der Waals surface area contributed by atoms with Crippen LogP contribution >= 0.6 is 0 Å². The first-order chi connectivity index (χ1) is 8.60. The highest BCUT2D eigenvalue weighted by atomic mass is 16.5. The highest BCUT2D eigenvalue weighted by Gasteiger charge is 2.27. The monoisotopic (exact) mass is 258 g/mol. The van der Waals surface area contributed by atoms with E-state index in [4.69, 9.17) is 9.84 Å². The Morgan fingerprint density at radius 2 is 2.17 bits per heavy atom. The summed E-state index contributed by atoms with van der Waals surface area (Å²) in [4.78, 5) is 14.0. The molecule has 106 valence electrons. The van der Waals surface area contributed by atoms with E-state index in [0.717, 1.165) is 12.8 Å². The van der Waals surface area contributed by atoms with Gasteiger partial charge in [-0.05, 0) is 19.8 Å². The van der Waals surface area contributed by atoms with Crippen molar-refractivity contribution in [3.63, 3.8) is 0 Å². The summed E-state index contributed by atoms with van der Waals surface area (Å²) in [6, 6.07) is 0.489. The molecule has 0 saturated carbocycles. The zero-order valence-electron chi connectivity index (χ0n) is 11.7. The largest absolute Gasteiger partial charge is 0.394 e. The van der Waals surface area contributed by atoms with E-state index in [9.17, 15) is 4.79 Å². The van der Waals surface area contributed by atoms with Gasteiger partial charge in [0.05, 0.1) is 25.9 Å². The zero-order chi connectivity index (χ0) is 13.5. The van der Waals surface area contributed by atoms with Crippen LogP contribution in [0.1, 0.15) is 33.6 Å². The van der Waals surface area contributed by atoms with Gasteiger partial charge in [-0.1, -0.05) is 13.8 Å². The van der Waals surface area contributed by atoms with E-state index in [1.165, 1.54) is 0 Å². The molecule has 1 amide bonds. The maximum absolute atomic E-state index is 11.9. The molecule has 1 fully saturated rings. The number of carbonyl (C=O) groups is 1. The number of nitrogens with zero attached hydrogens (tertiary/aromatic N) is 1. The Balaban J connectivity index is 2.41. The maximum atomic E-state index is 11.9. The lowest BCUT2D eigenvalue weighted by molar-refractivity contribution is -0.128. The molecule has 2 atom stereocenters. The van der Waals surface area contributed by atoms with Crippen LogP contribution in [0.3, 0.4) is 0 Å². The normalized spacial score (nSPS) is 25.4. The average Bonchev–Trinajstić information content (AvgIpc) is 2.38. The molecule has 5 heteroatoms. The van der Waals surface area contributed by atoms with E-state index >= 15 is 0 Å². The average molecular weight is 258 g/mol. The van der Waals surface area contributed by atoms with Gasteiger partial charge in [0.1, 0.15) is 0 Å². The van der Waals surface area contributed by atoms with Crippen LogP contribution in [0.5, 0.6) is 0 Å². The fraction of sp³-hybridized carbons (Fsp3) is 0.923. The SMILES string of the molecule is CCC(CC)NC(=O)CN1CC(CO)OCC1C. The second-order valence-electron chi connectivity index (χ2n) is 5.00. The Labute approximate surface area is 109 Å². The Morgan fingerprint density at radius 1 is 1.50 bits per heavy atom. The quantitative estimate of drug-likeness (QED) is 0.723. The number of hydrogen-bond donors (Lipinski definition) is 2. The van der Waals surface area contributed by atoms with Crippen molar-refractivity contribution in [3.8, 4) is 0 Å². The summed E-state index contributed by atoms with van der Waals surface area (Å²) in [7, 11) is 0. The number of hydrogen-bond acceptors (Lipinski definition) is 4. The topological polar surface area (TPSA) is 61.8 Å². The van der Waals surface area contributed by atoms with Crippen molar-refractivity contribution in [1.82, 2.24) is 10.2 Å². The van der Waals surface area contributed by atoms with Gasteiger partial charge in [0.25, 0.3) is 0 Å². The number of aliphatic hydroxyl groups excluding tert-OH is 1. The molecule has 0 bridgehead atoms. The van der Waals surface area contributed by atoms with Crippen molar-refractivity contribution >= 4 is 5.91 Å². The van der Waals surface area contributed by atoms with Crippen molar-refractivity contribution in [3.05, 3.63) is 0 Å². The number of carbonyl (C=O) groups excluding carboxylic acids is 1. The van der Waals surface area contributed by atoms with Crippen molar-refractivity contribution in [1.29, 1.82) is 0 Å². The highest BCUT2D eigenvalue weighted by molar-refractivity contribution is 5.78. The van der Waals surface area contributed by atoms with Crippen LogP contribution in [0.2, 0.25) is 0 Å². The first kappa shape index (κ1) is 15.4. The molecule has 1 aliphatic heterocycles. The smallest absolute Gasteiger partial charge is 0.234 e. The molecular formula is C13H26N2O3. The van der Waals surface area contributed by atoms with E-state index in [-0.39, 0.29) is 30.7 Å². The molecule has 0 spiro atoms. The molecule has 2 unspecified atom stereocenters. The Kier molecular flexibility index (Phi) is 6.60. The third-order valence-electron chi connectivity index (χ3n) is 3.54. The molecule has 1 saturated heterocycles. The minimum Gasteiger partial charge on any atom is -0.394 e. The minimum absolute atomic E-state index is 0.0113. The second-order valence-corrected chi connectivity index (χ2v) is 5.00. The number of morpholine rings is 1. The van der Waals surface area contributed by atoms with Gasteiger partial charge in [-0.3, -0.25) is 9.69 Å². The highest BCUT2D eigenvalue weighted by Crippen LogP contribution is 2.11. The number of ether oxygens (including phenoxy) is 1. The lowest BCUT2D eigenvalue weighted by Gasteiger charge is -2.37. The van der Waals surface area contributed by atoms with Gasteiger partial charge in [-0.2, -0.15) is 0 Å². The molecule has 0 radical (unpaired) electrons. The molecule has 18 heavy (non-hydrogen) atoms. The van der Waals surface area contributed by atoms with Crippen LogP contribution in [-0.4, -0.2) is 60.4 Å². The first-order valence-electron chi connectivity index (χ1n) is 6.86. The summed E-state index contributed by atoms with van der Waals surface area (Å²) in [6.07, 6.45) is 1.75. The summed E-state index contributed by atoms with van der Waals surface area (Å²) in [5.41, 5.74) is 0. The molecule has 0 aromatic rings. The predicted octanol–water partition coefficient (Wildman–Crippen LogP) is 0.373. The summed E-state index contributed by atoms with van der Waals surface area (Å²) in [5, 5.41) is 12.1. The Morgan fingerprint density at radius 3 is 2.72 bits per heavy atom. The predicted molar refractivity (Wildman–Crippen MR) is 70.4 cm³/mol. The number of rotatable bonds is 6. The van der Waals surface area contributed by atoms with Crippen LogP contribution in [0.25, 0.3) is 0 Å². The van der Waals surface area contributed by atoms with Crippen LogP contribution in [-0.2, 0) is 9.53 Å². The number of nitrogens with one attached hydrogen (secondary N) is 1. The molecule has 1 aliphatic rings. The van der Waals surface area contributed by atoms with Gasteiger partial charge in [0.2, 0.25) is 5.91 Å². The van der Waals surface area contributed by atoms with E-state index in [1.54, 1.807) is 0 Å². The third-order valence-corrected chi connectivity index (χ3v) is 3.54. The number of amides is 1. The fourth-order valence-electron chi connectivity index (χ4n) is 2.16. The van der Waals surface area contributed by atoms with E-state index < -0.39 is 0 Å². The van der Waals surface area contributed by atoms with Crippen molar-refractivity contribution in [2.45, 2.75) is 51.8 Å². The standard InChI is InChI=1S/C13H26N2O3/c1-4-11(5-2)14-13(17)7-15-6-12(8-16)18-9-10(15)3/h10-12,16H,4-9H2,1-3H3,(H,14,17). The van der Waals surface area contributed by atoms with Gasteiger partial charge < -0.3 is 15.2 Å². The summed E-state index contributed by atoms with van der Waals surface area (Å²) < 4.78 is 5.45. The molecule has 2 N–H and O–H groups in total. The Hall–Kier alpha value is -0.650. The summed E-state index contributed by atoms with van der Waals surface area (Å²) >= 11 is 0. The van der Waals surface area contributed by atoms with E-state index in [0.29, 0.717) is 19.7 Å². The fourth-order valence-corrected chi connectivity index (χ4v) is 2.16. The lowest BCUT2D eigenvalue weighted by Crippen LogP contribution is -2.53. The molecule has 0 aliphatic carbocycles. The first-order valence-corrected chi connectivity index (χ1v) is 6.86. The maximum Gasteiger partial charge on any atom is 0.234 e. The summed E-state index contributed by atoms with van der Waals surface area (Å²) in [5.74, 6) is 0.0640. The molecule has 1 rings (SSSR count). The lowest BCUT2D eigenvalue weighted by atomic mass is 10.1. The zero-order valence-corrected chi connectivity index (χ0v) is 11.7. The van der Waals surface area contributed by atoms with Gasteiger partial charge in [0, 0.05) is 18.6 Å². The molecule has 0 aromatic heterocycles. The van der Waals surface area contributed by atoms with Gasteiger partial charge in [0.15, 0.2) is 0 Å². The van der Waals surface area contributed by atoms with Crippen molar-refractivity contribution in [2.24, 2.45) is 0 Å². The van der Waals surface area contributed by atoms with Gasteiger partial charge in [-0.25, -0.2) is 0 Å². The van der Waals surface area contributed by atoms with Crippen LogP contribution in [0.15, 0.2) is 0 Å². The minimum atomic E-state index is -0.165. The van der Waals surface area contributed by atoms with Gasteiger partial charge in [-0.15, -0.1) is 0 Å². The number of aliphatic hydroxyl groups is 1. The second kappa shape index (κ2) is 7.71. The molecular weight excluding hydrogens is 232 g/mol. The van der Waals surface area contributed by atoms with Crippen molar-refractivity contribution in [2.75, 3.05) is 26.3 Å². The molecule has 0 aromatic carbocycles. The van der Waals surface area contributed by atoms with Gasteiger partial charge >= 0.3 is 0 Å². The molecule has 5 nitrogen and oxygen atoms in total. The van der Waals surface area contributed by atoms with Crippen molar-refractivity contribution < 1.29 is 14.6 Å². The van der Waals surface area contributed by atoms with Crippen LogP contribution < -0.4 is 5.32 Å². The Bertz CT molecular complexity index is 257. The third kappa shape index (κ3) is 4.55.